The molecule has 0 aliphatic carbocycles. The molecule has 0 bridgehead atoms. The predicted molar refractivity (Wildman–Crippen MR) is 81.6 cm³/mol. The lowest BCUT2D eigenvalue weighted by Gasteiger charge is -2.22. The molecule has 0 atom stereocenters. The van der Waals surface area contributed by atoms with Gasteiger partial charge in [-0.2, -0.15) is 0 Å². The molecule has 2 amide bonds. The number of hydrogen-bond acceptors (Lipinski definition) is 3. The summed E-state index contributed by atoms with van der Waals surface area (Å²) >= 11 is 11.8. The van der Waals surface area contributed by atoms with E-state index < -0.39 is 0 Å². The monoisotopic (exact) mass is 329 g/mol. The normalized spacial score (nSPS) is 15.8. The first kappa shape index (κ1) is 16.0. The molecule has 2 rings (SSSR count). The van der Waals surface area contributed by atoms with E-state index in [2.05, 4.69) is 4.98 Å². The van der Waals surface area contributed by atoms with Gasteiger partial charge in [0.05, 0.1) is 5.02 Å². The van der Waals surface area contributed by atoms with Crippen LogP contribution >= 0.6 is 23.2 Å². The number of aromatic nitrogens is 1. The quantitative estimate of drug-likeness (QED) is 0.783. The Labute approximate surface area is 133 Å². The predicted octanol–water partition coefficient (Wildman–Crippen LogP) is 2.47. The summed E-state index contributed by atoms with van der Waals surface area (Å²) in [6, 6.07) is 3.11. The number of amides is 2. The molecule has 0 N–H and O–H groups in total. The first-order valence-electron chi connectivity index (χ1n) is 6.92. The molecule has 1 fully saturated rings. The van der Waals surface area contributed by atoms with Crippen LogP contribution < -0.4 is 0 Å². The Kier molecular flexibility index (Phi) is 5.42. The van der Waals surface area contributed by atoms with Gasteiger partial charge in [-0.15, -0.1) is 0 Å². The molecular formula is C14H17Cl2N3O2. The third kappa shape index (κ3) is 3.86. The molecule has 0 radical (unpaired) electrons. The van der Waals surface area contributed by atoms with Crippen molar-refractivity contribution in [1.82, 2.24) is 14.8 Å². The van der Waals surface area contributed by atoms with Crippen molar-refractivity contribution in [2.45, 2.75) is 19.8 Å². The van der Waals surface area contributed by atoms with E-state index in [9.17, 15) is 9.59 Å². The number of halogens is 2. The van der Waals surface area contributed by atoms with Crippen LogP contribution in [0.2, 0.25) is 10.2 Å². The first-order valence-corrected chi connectivity index (χ1v) is 7.67. The Hall–Kier alpha value is -1.33. The van der Waals surface area contributed by atoms with Gasteiger partial charge in [0.25, 0.3) is 5.91 Å². The zero-order valence-electron chi connectivity index (χ0n) is 11.8. The summed E-state index contributed by atoms with van der Waals surface area (Å²) in [5, 5.41) is 0.524. The maximum Gasteiger partial charge on any atom is 0.274 e. The fraction of sp³-hybridized carbons (Fsp3) is 0.500. The van der Waals surface area contributed by atoms with Gasteiger partial charge >= 0.3 is 0 Å². The molecule has 114 valence electrons. The number of pyridine rings is 1. The SMILES string of the molecule is CCC(=O)N1CCCN(C(=O)c2nc(Cl)ccc2Cl)CC1. The van der Waals surface area contributed by atoms with Crippen molar-refractivity contribution in [2.75, 3.05) is 26.2 Å². The molecule has 0 aromatic carbocycles. The Balaban J connectivity index is 2.10. The van der Waals surface area contributed by atoms with Gasteiger partial charge in [0.2, 0.25) is 5.91 Å². The Morgan fingerprint density at radius 3 is 2.52 bits per heavy atom. The average Bonchev–Trinajstić information content (AvgIpc) is 2.74. The van der Waals surface area contributed by atoms with E-state index in [1.165, 1.54) is 0 Å². The molecule has 7 heteroatoms. The molecule has 1 aromatic rings. The highest BCUT2D eigenvalue weighted by Crippen LogP contribution is 2.19. The van der Waals surface area contributed by atoms with E-state index in [1.807, 2.05) is 6.92 Å². The summed E-state index contributed by atoms with van der Waals surface area (Å²) in [6.07, 6.45) is 1.23. The van der Waals surface area contributed by atoms with Gasteiger partial charge in [-0.1, -0.05) is 30.1 Å². The third-order valence-corrected chi connectivity index (χ3v) is 3.97. The molecular weight excluding hydrogens is 313 g/mol. The van der Waals surface area contributed by atoms with Crippen molar-refractivity contribution >= 4 is 35.0 Å². The number of carbonyl (C=O) groups excluding carboxylic acids is 2. The van der Waals surface area contributed by atoms with Gasteiger partial charge in [-0.25, -0.2) is 4.98 Å². The van der Waals surface area contributed by atoms with E-state index in [4.69, 9.17) is 23.2 Å². The Morgan fingerprint density at radius 1 is 1.14 bits per heavy atom. The van der Waals surface area contributed by atoms with E-state index in [0.29, 0.717) is 32.6 Å². The van der Waals surface area contributed by atoms with Gasteiger partial charge in [0, 0.05) is 32.6 Å². The lowest BCUT2D eigenvalue weighted by Crippen LogP contribution is -2.37. The smallest absolute Gasteiger partial charge is 0.274 e. The van der Waals surface area contributed by atoms with Gasteiger partial charge in [0.1, 0.15) is 10.8 Å². The minimum Gasteiger partial charge on any atom is -0.341 e. The van der Waals surface area contributed by atoms with Crippen molar-refractivity contribution in [3.63, 3.8) is 0 Å². The highest BCUT2D eigenvalue weighted by Gasteiger charge is 2.24. The van der Waals surface area contributed by atoms with Crippen LogP contribution in [0, 0.1) is 0 Å². The van der Waals surface area contributed by atoms with Gasteiger partial charge in [0.15, 0.2) is 0 Å². The second-order valence-electron chi connectivity index (χ2n) is 4.84. The van der Waals surface area contributed by atoms with Crippen LogP contribution in [0.15, 0.2) is 12.1 Å². The second kappa shape index (κ2) is 7.09. The van der Waals surface area contributed by atoms with E-state index in [-0.39, 0.29) is 27.7 Å². The van der Waals surface area contributed by atoms with Crippen LogP contribution in [0.4, 0.5) is 0 Å². The largest absolute Gasteiger partial charge is 0.341 e. The fourth-order valence-corrected chi connectivity index (χ4v) is 2.65. The van der Waals surface area contributed by atoms with Crippen molar-refractivity contribution in [3.05, 3.63) is 28.0 Å². The van der Waals surface area contributed by atoms with Crippen LogP contribution in [0.25, 0.3) is 0 Å². The Morgan fingerprint density at radius 2 is 1.81 bits per heavy atom. The third-order valence-electron chi connectivity index (χ3n) is 3.45. The van der Waals surface area contributed by atoms with Crippen molar-refractivity contribution in [1.29, 1.82) is 0 Å². The van der Waals surface area contributed by atoms with Gasteiger partial charge in [-0.05, 0) is 18.6 Å². The first-order chi connectivity index (χ1) is 10.0. The van der Waals surface area contributed by atoms with Crippen LogP contribution in [0.1, 0.15) is 30.3 Å². The van der Waals surface area contributed by atoms with Crippen LogP contribution in [-0.4, -0.2) is 52.8 Å². The molecule has 0 saturated carbocycles. The Bertz CT molecular complexity index is 551. The van der Waals surface area contributed by atoms with Crippen LogP contribution in [-0.2, 0) is 4.79 Å². The highest BCUT2D eigenvalue weighted by molar-refractivity contribution is 6.34. The number of rotatable bonds is 2. The summed E-state index contributed by atoms with van der Waals surface area (Å²) in [5.41, 5.74) is 0.166. The lowest BCUT2D eigenvalue weighted by atomic mass is 10.3. The van der Waals surface area contributed by atoms with E-state index in [0.717, 1.165) is 6.42 Å². The molecule has 0 spiro atoms. The summed E-state index contributed by atoms with van der Waals surface area (Å²) in [4.78, 5) is 31.7. The van der Waals surface area contributed by atoms with Gasteiger partial charge in [-0.3, -0.25) is 9.59 Å². The zero-order valence-corrected chi connectivity index (χ0v) is 13.3. The molecule has 2 heterocycles. The van der Waals surface area contributed by atoms with Gasteiger partial charge < -0.3 is 9.80 Å². The fourth-order valence-electron chi connectivity index (χ4n) is 2.31. The highest BCUT2D eigenvalue weighted by atomic mass is 35.5. The van der Waals surface area contributed by atoms with Crippen LogP contribution in [0.3, 0.4) is 0 Å². The number of carbonyl (C=O) groups is 2. The van der Waals surface area contributed by atoms with Crippen molar-refractivity contribution < 1.29 is 9.59 Å². The summed E-state index contributed by atoms with van der Waals surface area (Å²) < 4.78 is 0. The summed E-state index contributed by atoms with van der Waals surface area (Å²) in [6.45, 7) is 4.11. The molecule has 0 unspecified atom stereocenters. The second-order valence-corrected chi connectivity index (χ2v) is 5.64. The molecule has 5 nitrogen and oxygen atoms in total. The maximum absolute atomic E-state index is 12.5. The van der Waals surface area contributed by atoms with Crippen molar-refractivity contribution in [3.8, 4) is 0 Å². The topological polar surface area (TPSA) is 53.5 Å². The van der Waals surface area contributed by atoms with E-state index >= 15 is 0 Å². The number of nitrogens with zero attached hydrogens (tertiary/aromatic N) is 3. The minimum atomic E-state index is -0.242. The average molecular weight is 330 g/mol. The van der Waals surface area contributed by atoms with E-state index in [1.54, 1.807) is 21.9 Å². The molecule has 1 aliphatic heterocycles. The molecule has 21 heavy (non-hydrogen) atoms. The molecule has 1 saturated heterocycles. The summed E-state index contributed by atoms with van der Waals surface area (Å²) in [7, 11) is 0. The lowest BCUT2D eigenvalue weighted by molar-refractivity contribution is -0.130. The minimum absolute atomic E-state index is 0.114. The molecule has 1 aliphatic rings. The summed E-state index contributed by atoms with van der Waals surface area (Å²) in [5.74, 6) is -0.128. The standard InChI is InChI=1S/C14H17Cl2N3O2/c1-2-12(20)18-6-3-7-19(9-8-18)14(21)13-10(15)4-5-11(16)17-13/h4-5H,2-3,6-9H2,1H3. The zero-order chi connectivity index (χ0) is 15.4. The van der Waals surface area contributed by atoms with Crippen molar-refractivity contribution in [2.24, 2.45) is 0 Å². The maximum atomic E-state index is 12.5. The van der Waals surface area contributed by atoms with Crippen LogP contribution in [0.5, 0.6) is 0 Å². The molecule has 1 aromatic heterocycles. The number of hydrogen-bond donors (Lipinski definition) is 0.